The lowest BCUT2D eigenvalue weighted by Gasteiger charge is -2.22. The van der Waals surface area contributed by atoms with Crippen LogP contribution in [0.1, 0.15) is 18.9 Å². The van der Waals surface area contributed by atoms with E-state index in [0.717, 1.165) is 12.5 Å². The van der Waals surface area contributed by atoms with Gasteiger partial charge in [0.25, 0.3) is 5.69 Å². The molecule has 0 radical (unpaired) electrons. The zero-order valence-corrected chi connectivity index (χ0v) is 10.3. The molecule has 19 heavy (non-hydrogen) atoms. The molecule has 0 amide bonds. The lowest BCUT2D eigenvalue weighted by Crippen LogP contribution is -2.23. The molecule has 0 saturated carbocycles. The summed E-state index contributed by atoms with van der Waals surface area (Å²) in [4.78, 5) is 11.4. The molecule has 1 aliphatic heterocycles. The summed E-state index contributed by atoms with van der Waals surface area (Å²) in [7, 11) is 0. The average Bonchev–Trinajstić information content (AvgIpc) is 2.73. The van der Waals surface area contributed by atoms with Gasteiger partial charge in [0, 0.05) is 30.9 Å². The van der Waals surface area contributed by atoms with Crippen molar-refractivity contribution >= 4 is 11.4 Å². The Labute approximate surface area is 108 Å². The Kier molecular flexibility index (Phi) is 3.38. The number of nitrogens with zero attached hydrogens (tertiary/aromatic N) is 2. The van der Waals surface area contributed by atoms with Gasteiger partial charge in [0.1, 0.15) is 0 Å². The number of nitro groups is 1. The summed E-state index contributed by atoms with van der Waals surface area (Å²) in [6.07, 6.45) is -3.76. The van der Waals surface area contributed by atoms with E-state index in [1.807, 2.05) is 6.92 Å². The molecule has 0 bridgehead atoms. The van der Waals surface area contributed by atoms with Gasteiger partial charge in [0.05, 0.1) is 10.5 Å². The zero-order valence-electron chi connectivity index (χ0n) is 10.3. The molecule has 7 heteroatoms. The first kappa shape index (κ1) is 13.6. The molecular formula is C12H13F3N2O2. The average molecular weight is 274 g/mol. The van der Waals surface area contributed by atoms with E-state index in [4.69, 9.17) is 0 Å². The largest absolute Gasteiger partial charge is 0.418 e. The van der Waals surface area contributed by atoms with E-state index in [-0.39, 0.29) is 5.69 Å². The molecular weight excluding hydrogens is 261 g/mol. The molecule has 0 aromatic heterocycles. The third-order valence-corrected chi connectivity index (χ3v) is 3.26. The number of hydrogen-bond acceptors (Lipinski definition) is 3. The van der Waals surface area contributed by atoms with Crippen molar-refractivity contribution in [3.63, 3.8) is 0 Å². The standard InChI is InChI=1S/C12H13F3N2O2/c1-8-4-5-16(7-8)11-3-2-9(17(18)19)6-10(11)12(13,14)15/h2-3,6,8H,4-5,7H2,1H3. The number of nitro benzene ring substituents is 1. The molecule has 104 valence electrons. The molecule has 4 nitrogen and oxygen atoms in total. The molecule has 0 spiro atoms. The van der Waals surface area contributed by atoms with Crippen LogP contribution in [0.4, 0.5) is 24.5 Å². The highest BCUT2D eigenvalue weighted by molar-refractivity contribution is 5.59. The summed E-state index contributed by atoms with van der Waals surface area (Å²) >= 11 is 0. The van der Waals surface area contributed by atoms with E-state index < -0.39 is 22.4 Å². The van der Waals surface area contributed by atoms with Crippen molar-refractivity contribution in [1.29, 1.82) is 0 Å². The minimum Gasteiger partial charge on any atom is -0.371 e. The van der Waals surface area contributed by atoms with E-state index in [0.29, 0.717) is 25.1 Å². The number of benzene rings is 1. The molecule has 1 atom stereocenters. The van der Waals surface area contributed by atoms with Crippen LogP contribution in [0.2, 0.25) is 0 Å². The monoisotopic (exact) mass is 274 g/mol. The molecule has 0 N–H and O–H groups in total. The summed E-state index contributed by atoms with van der Waals surface area (Å²) in [6.45, 7) is 3.06. The molecule has 1 aromatic rings. The SMILES string of the molecule is CC1CCN(c2ccc([N+](=O)[O-])cc2C(F)(F)F)C1. The second kappa shape index (κ2) is 4.71. The highest BCUT2D eigenvalue weighted by Gasteiger charge is 2.37. The van der Waals surface area contributed by atoms with Crippen LogP contribution < -0.4 is 4.90 Å². The van der Waals surface area contributed by atoms with Gasteiger partial charge in [0.2, 0.25) is 0 Å². The number of hydrogen-bond donors (Lipinski definition) is 0. The second-order valence-corrected chi connectivity index (χ2v) is 4.80. The van der Waals surface area contributed by atoms with Crippen LogP contribution >= 0.6 is 0 Å². The minimum atomic E-state index is -4.59. The number of alkyl halides is 3. The fourth-order valence-corrected chi connectivity index (χ4v) is 2.29. The van der Waals surface area contributed by atoms with Crippen molar-refractivity contribution in [3.05, 3.63) is 33.9 Å². The Bertz CT molecular complexity index is 502. The van der Waals surface area contributed by atoms with Crippen molar-refractivity contribution in [1.82, 2.24) is 0 Å². The van der Waals surface area contributed by atoms with Gasteiger partial charge in [-0.15, -0.1) is 0 Å². The summed E-state index contributed by atoms with van der Waals surface area (Å²) in [5, 5.41) is 10.6. The normalized spacial score (nSPS) is 19.8. The quantitative estimate of drug-likeness (QED) is 0.613. The highest BCUT2D eigenvalue weighted by atomic mass is 19.4. The van der Waals surface area contributed by atoms with Gasteiger partial charge >= 0.3 is 6.18 Å². The van der Waals surface area contributed by atoms with Crippen molar-refractivity contribution in [2.45, 2.75) is 19.5 Å². The third-order valence-electron chi connectivity index (χ3n) is 3.26. The summed E-state index contributed by atoms with van der Waals surface area (Å²) < 4.78 is 39.0. The minimum absolute atomic E-state index is 0.0300. The first-order valence-electron chi connectivity index (χ1n) is 5.89. The smallest absolute Gasteiger partial charge is 0.371 e. The fraction of sp³-hybridized carbons (Fsp3) is 0.500. The van der Waals surface area contributed by atoms with Gasteiger partial charge in [-0.05, 0) is 18.4 Å². The molecule has 1 aliphatic rings. The summed E-state index contributed by atoms with van der Waals surface area (Å²) in [5.74, 6) is 0.330. The van der Waals surface area contributed by atoms with E-state index in [1.54, 1.807) is 4.90 Å². The molecule has 1 unspecified atom stereocenters. The number of rotatable bonds is 2. The maximum absolute atomic E-state index is 13.0. The van der Waals surface area contributed by atoms with Gasteiger partial charge in [-0.2, -0.15) is 13.2 Å². The van der Waals surface area contributed by atoms with Gasteiger partial charge in [0.15, 0.2) is 0 Å². The van der Waals surface area contributed by atoms with Crippen molar-refractivity contribution in [2.75, 3.05) is 18.0 Å². The predicted octanol–water partition coefficient (Wildman–Crippen LogP) is 3.46. The predicted molar refractivity (Wildman–Crippen MR) is 64.1 cm³/mol. The molecule has 0 aliphatic carbocycles. The van der Waals surface area contributed by atoms with Crippen LogP contribution in [-0.4, -0.2) is 18.0 Å². The maximum atomic E-state index is 13.0. The maximum Gasteiger partial charge on any atom is 0.418 e. The van der Waals surface area contributed by atoms with Gasteiger partial charge in [-0.1, -0.05) is 6.92 Å². The number of anilines is 1. The first-order chi connectivity index (χ1) is 8.79. The van der Waals surface area contributed by atoms with E-state index in [1.165, 1.54) is 6.07 Å². The van der Waals surface area contributed by atoms with Gasteiger partial charge < -0.3 is 4.90 Å². The molecule has 1 aromatic carbocycles. The van der Waals surface area contributed by atoms with Crippen LogP contribution in [0, 0.1) is 16.0 Å². The van der Waals surface area contributed by atoms with Crippen LogP contribution in [0.15, 0.2) is 18.2 Å². The Balaban J connectivity index is 2.45. The van der Waals surface area contributed by atoms with Crippen LogP contribution in [0.3, 0.4) is 0 Å². The molecule has 2 rings (SSSR count). The number of halogens is 3. The Morgan fingerprint density at radius 1 is 1.42 bits per heavy atom. The summed E-state index contributed by atoms with van der Waals surface area (Å²) in [6, 6.07) is 2.92. The van der Waals surface area contributed by atoms with Crippen molar-refractivity contribution in [3.8, 4) is 0 Å². The van der Waals surface area contributed by atoms with Crippen molar-refractivity contribution < 1.29 is 18.1 Å². The van der Waals surface area contributed by atoms with E-state index in [9.17, 15) is 23.3 Å². The Hall–Kier alpha value is -1.79. The topological polar surface area (TPSA) is 46.4 Å². The lowest BCUT2D eigenvalue weighted by atomic mass is 10.1. The van der Waals surface area contributed by atoms with Crippen LogP contribution in [0.25, 0.3) is 0 Å². The van der Waals surface area contributed by atoms with Gasteiger partial charge in [-0.25, -0.2) is 0 Å². The Morgan fingerprint density at radius 3 is 2.58 bits per heavy atom. The Morgan fingerprint density at radius 2 is 2.11 bits per heavy atom. The molecule has 1 saturated heterocycles. The fourth-order valence-electron chi connectivity index (χ4n) is 2.29. The highest BCUT2D eigenvalue weighted by Crippen LogP contribution is 2.40. The second-order valence-electron chi connectivity index (χ2n) is 4.80. The van der Waals surface area contributed by atoms with E-state index >= 15 is 0 Å². The van der Waals surface area contributed by atoms with Crippen LogP contribution in [0.5, 0.6) is 0 Å². The number of non-ortho nitro benzene ring substituents is 1. The zero-order chi connectivity index (χ0) is 14.2. The third kappa shape index (κ3) is 2.80. The van der Waals surface area contributed by atoms with Crippen molar-refractivity contribution in [2.24, 2.45) is 5.92 Å². The van der Waals surface area contributed by atoms with E-state index in [2.05, 4.69) is 0 Å². The lowest BCUT2D eigenvalue weighted by molar-refractivity contribution is -0.385. The summed E-state index contributed by atoms with van der Waals surface area (Å²) in [5.41, 5.74) is -1.44. The molecule has 1 fully saturated rings. The molecule has 1 heterocycles. The first-order valence-corrected chi connectivity index (χ1v) is 5.89. The van der Waals surface area contributed by atoms with Gasteiger partial charge in [-0.3, -0.25) is 10.1 Å². The van der Waals surface area contributed by atoms with Crippen LogP contribution in [-0.2, 0) is 6.18 Å².